The van der Waals surface area contributed by atoms with Gasteiger partial charge in [-0.1, -0.05) is 13.3 Å². The monoisotopic (exact) mass is 234 g/mol. The smallest absolute Gasteiger partial charge is 0.237 e. The molecule has 4 nitrogen and oxygen atoms in total. The maximum absolute atomic E-state index is 11.6. The highest BCUT2D eigenvalue weighted by atomic mass is 35.5. The fourth-order valence-corrected chi connectivity index (χ4v) is 2.08. The van der Waals surface area contributed by atoms with E-state index in [1.807, 2.05) is 0 Å². The number of hydrogen-bond donors (Lipinski definition) is 3. The highest BCUT2D eigenvalue weighted by Crippen LogP contribution is 2.33. The molecule has 0 spiro atoms. The van der Waals surface area contributed by atoms with Crippen molar-refractivity contribution < 1.29 is 9.90 Å². The highest BCUT2D eigenvalue weighted by Gasteiger charge is 2.38. The number of halogens is 1. The van der Waals surface area contributed by atoms with Crippen molar-refractivity contribution in [2.24, 2.45) is 5.92 Å². The Balaban J connectivity index is 0.00000112. The van der Waals surface area contributed by atoms with Gasteiger partial charge in [0.15, 0.2) is 0 Å². The van der Waals surface area contributed by atoms with Gasteiger partial charge in [-0.3, -0.25) is 4.79 Å². The zero-order chi connectivity index (χ0) is 10.1. The molecule has 1 saturated heterocycles. The average molecular weight is 235 g/mol. The van der Waals surface area contributed by atoms with Gasteiger partial charge in [0.2, 0.25) is 5.91 Å². The Morgan fingerprint density at radius 3 is 2.73 bits per heavy atom. The molecule has 5 heteroatoms. The van der Waals surface area contributed by atoms with Crippen molar-refractivity contribution in [3.8, 4) is 0 Å². The van der Waals surface area contributed by atoms with Crippen molar-refractivity contribution in [3.63, 3.8) is 0 Å². The van der Waals surface area contributed by atoms with Crippen molar-refractivity contribution in [2.45, 2.75) is 44.4 Å². The zero-order valence-electron chi connectivity index (χ0n) is 8.90. The van der Waals surface area contributed by atoms with Gasteiger partial charge in [0, 0.05) is 12.6 Å². The molecular weight excluding hydrogens is 216 g/mol. The van der Waals surface area contributed by atoms with Crippen LogP contribution in [0.4, 0.5) is 0 Å². The van der Waals surface area contributed by atoms with Crippen LogP contribution in [0.1, 0.15) is 26.2 Å². The lowest BCUT2D eigenvalue weighted by atomic mass is 10.2. The van der Waals surface area contributed by atoms with E-state index < -0.39 is 0 Å². The molecule has 1 heterocycles. The molecule has 1 amide bonds. The van der Waals surface area contributed by atoms with Crippen molar-refractivity contribution in [1.82, 2.24) is 10.6 Å². The first-order valence-electron chi connectivity index (χ1n) is 5.42. The molecule has 2 unspecified atom stereocenters. The lowest BCUT2D eigenvalue weighted by Crippen LogP contribution is -2.41. The van der Waals surface area contributed by atoms with Gasteiger partial charge in [0.05, 0.1) is 12.1 Å². The molecule has 0 aromatic rings. The number of nitrogens with one attached hydrogen (secondary N) is 2. The molecule has 4 atom stereocenters. The second kappa shape index (κ2) is 5.14. The predicted octanol–water partition coefficient (Wildman–Crippen LogP) is 0.0457. The SMILES string of the molecule is CCC1CC1NC(=O)[C@H]1C[C@H](O)CN1.Cl. The van der Waals surface area contributed by atoms with Crippen LogP contribution < -0.4 is 10.6 Å². The minimum atomic E-state index is -0.355. The summed E-state index contributed by atoms with van der Waals surface area (Å²) >= 11 is 0. The van der Waals surface area contributed by atoms with Crippen molar-refractivity contribution in [1.29, 1.82) is 0 Å². The van der Waals surface area contributed by atoms with E-state index in [1.54, 1.807) is 0 Å². The van der Waals surface area contributed by atoms with E-state index >= 15 is 0 Å². The second-order valence-electron chi connectivity index (χ2n) is 4.37. The van der Waals surface area contributed by atoms with Crippen LogP contribution in [-0.4, -0.2) is 35.7 Å². The Morgan fingerprint density at radius 2 is 2.27 bits per heavy atom. The van der Waals surface area contributed by atoms with Gasteiger partial charge in [-0.05, 0) is 18.8 Å². The molecule has 0 bridgehead atoms. The number of carbonyl (C=O) groups excluding carboxylic acids is 1. The normalized spacial score (nSPS) is 38.3. The van der Waals surface area contributed by atoms with Gasteiger partial charge >= 0.3 is 0 Å². The molecule has 2 aliphatic rings. The van der Waals surface area contributed by atoms with E-state index in [4.69, 9.17) is 0 Å². The van der Waals surface area contributed by atoms with Gasteiger partial charge in [0.25, 0.3) is 0 Å². The number of aliphatic hydroxyl groups is 1. The van der Waals surface area contributed by atoms with Crippen molar-refractivity contribution >= 4 is 18.3 Å². The van der Waals surface area contributed by atoms with E-state index in [0.717, 1.165) is 12.8 Å². The molecule has 2 rings (SSSR count). The zero-order valence-corrected chi connectivity index (χ0v) is 9.72. The summed E-state index contributed by atoms with van der Waals surface area (Å²) in [6.45, 7) is 2.69. The summed E-state index contributed by atoms with van der Waals surface area (Å²) in [5.41, 5.74) is 0. The van der Waals surface area contributed by atoms with Crippen LogP contribution in [0.25, 0.3) is 0 Å². The quantitative estimate of drug-likeness (QED) is 0.647. The molecule has 88 valence electrons. The van der Waals surface area contributed by atoms with Crippen LogP contribution in [0.5, 0.6) is 0 Å². The van der Waals surface area contributed by atoms with Crippen LogP contribution in [0.15, 0.2) is 0 Å². The minimum Gasteiger partial charge on any atom is -0.392 e. The van der Waals surface area contributed by atoms with E-state index in [-0.39, 0.29) is 30.5 Å². The summed E-state index contributed by atoms with van der Waals surface area (Å²) in [5.74, 6) is 0.743. The Bertz CT molecular complexity index is 237. The Hall–Kier alpha value is -0.320. The summed E-state index contributed by atoms with van der Waals surface area (Å²) in [5, 5.41) is 15.3. The standard InChI is InChI=1S/C10H18N2O2.ClH/c1-2-6-3-8(6)12-10(14)9-4-7(13)5-11-9;/h6-9,11,13H,2-5H2,1H3,(H,12,14);1H/t6?,7-,8?,9+;/m0./s1. The van der Waals surface area contributed by atoms with Gasteiger partial charge in [-0.25, -0.2) is 0 Å². The van der Waals surface area contributed by atoms with E-state index in [1.165, 1.54) is 0 Å². The minimum absolute atomic E-state index is 0. The maximum atomic E-state index is 11.6. The van der Waals surface area contributed by atoms with E-state index in [2.05, 4.69) is 17.6 Å². The predicted molar refractivity (Wildman–Crippen MR) is 60.0 cm³/mol. The molecule has 1 aliphatic heterocycles. The van der Waals surface area contributed by atoms with Crippen LogP contribution >= 0.6 is 12.4 Å². The van der Waals surface area contributed by atoms with Gasteiger partial charge in [0.1, 0.15) is 0 Å². The number of hydrogen-bond acceptors (Lipinski definition) is 3. The van der Waals surface area contributed by atoms with Crippen LogP contribution in [0.3, 0.4) is 0 Å². The first-order valence-corrected chi connectivity index (χ1v) is 5.42. The third-order valence-electron chi connectivity index (χ3n) is 3.20. The molecule has 15 heavy (non-hydrogen) atoms. The summed E-state index contributed by atoms with van der Waals surface area (Å²) in [6, 6.07) is 0.218. The van der Waals surface area contributed by atoms with Crippen molar-refractivity contribution in [3.05, 3.63) is 0 Å². The summed E-state index contributed by atoms with van der Waals surface area (Å²) < 4.78 is 0. The molecule has 3 N–H and O–H groups in total. The molecular formula is C10H19ClN2O2. The number of carbonyl (C=O) groups is 1. The summed E-state index contributed by atoms with van der Waals surface area (Å²) in [7, 11) is 0. The maximum Gasteiger partial charge on any atom is 0.237 e. The Labute approximate surface area is 96.2 Å². The number of β-amino-alcohol motifs (C(OH)–C–C–N with tert-alkyl or cyclic N) is 1. The number of rotatable bonds is 3. The van der Waals surface area contributed by atoms with E-state index in [0.29, 0.717) is 24.9 Å². The van der Waals surface area contributed by atoms with Crippen LogP contribution in [0.2, 0.25) is 0 Å². The molecule has 1 saturated carbocycles. The largest absolute Gasteiger partial charge is 0.392 e. The third kappa shape index (κ3) is 3.06. The van der Waals surface area contributed by atoms with Crippen LogP contribution in [0, 0.1) is 5.92 Å². The molecule has 1 aliphatic carbocycles. The first-order chi connectivity index (χ1) is 6.70. The molecule has 0 aromatic heterocycles. The topological polar surface area (TPSA) is 61.4 Å². The Morgan fingerprint density at radius 1 is 1.53 bits per heavy atom. The summed E-state index contributed by atoms with van der Waals surface area (Å²) in [4.78, 5) is 11.6. The van der Waals surface area contributed by atoms with E-state index in [9.17, 15) is 9.90 Å². The number of amides is 1. The van der Waals surface area contributed by atoms with Gasteiger partial charge < -0.3 is 15.7 Å². The Kier molecular flexibility index (Phi) is 4.37. The lowest BCUT2D eigenvalue weighted by molar-refractivity contribution is -0.123. The van der Waals surface area contributed by atoms with Crippen molar-refractivity contribution in [2.75, 3.05) is 6.54 Å². The average Bonchev–Trinajstić information content (AvgIpc) is 2.77. The first kappa shape index (κ1) is 12.7. The number of aliphatic hydroxyl groups excluding tert-OH is 1. The van der Waals surface area contributed by atoms with Gasteiger partial charge in [-0.15, -0.1) is 12.4 Å². The second-order valence-corrected chi connectivity index (χ2v) is 4.37. The molecule has 2 fully saturated rings. The molecule has 0 aromatic carbocycles. The molecule has 0 radical (unpaired) electrons. The fraction of sp³-hybridized carbons (Fsp3) is 0.900. The lowest BCUT2D eigenvalue weighted by Gasteiger charge is -2.10. The highest BCUT2D eigenvalue weighted by molar-refractivity contribution is 5.85. The fourth-order valence-electron chi connectivity index (χ4n) is 2.08. The van der Waals surface area contributed by atoms with Crippen LogP contribution in [-0.2, 0) is 4.79 Å². The third-order valence-corrected chi connectivity index (χ3v) is 3.20. The summed E-state index contributed by atoms with van der Waals surface area (Å²) in [6.07, 6.45) is 2.46. The van der Waals surface area contributed by atoms with Gasteiger partial charge in [-0.2, -0.15) is 0 Å².